The van der Waals surface area contributed by atoms with E-state index < -0.39 is 36.2 Å². The normalized spacial score (nSPS) is 9.76. The topological polar surface area (TPSA) is 119 Å². The van der Waals surface area contributed by atoms with Crippen LogP contribution in [0.5, 0.6) is 0 Å². The average Bonchev–Trinajstić information content (AvgIpc) is 2.50. The van der Waals surface area contributed by atoms with Gasteiger partial charge >= 0.3 is 25.0 Å². The van der Waals surface area contributed by atoms with Crippen molar-refractivity contribution in [2.24, 2.45) is 0 Å². The van der Waals surface area contributed by atoms with E-state index in [4.69, 9.17) is 0 Å². The molecule has 0 radical (unpaired) electrons. The van der Waals surface area contributed by atoms with Gasteiger partial charge in [0.25, 0.3) is 0 Å². The number of carbonyl (C=O) groups excluding carboxylic acids is 3. The van der Waals surface area contributed by atoms with Gasteiger partial charge in [-0.05, 0) is 11.5 Å². The molecular weight excluding hydrogens is 283 g/mol. The molecule has 1 aromatic carbocycles. The fourth-order valence-corrected chi connectivity index (χ4v) is 1.75. The molecule has 1 aromatic rings. The van der Waals surface area contributed by atoms with E-state index in [2.05, 4.69) is 14.2 Å². The van der Waals surface area contributed by atoms with E-state index in [1.165, 1.54) is 0 Å². The minimum atomic E-state index is -2.05. The first-order chi connectivity index (χ1) is 9.88. The Morgan fingerprint density at radius 2 is 1.33 bits per heavy atom. The Hall–Kier alpha value is -2.39. The second-order valence-corrected chi connectivity index (χ2v) is 3.80. The van der Waals surface area contributed by atoms with Gasteiger partial charge in [-0.15, -0.1) is 0 Å². The van der Waals surface area contributed by atoms with Crippen molar-refractivity contribution in [3.63, 3.8) is 0 Å². The van der Waals surface area contributed by atoms with Gasteiger partial charge in [0.05, 0.1) is 38.0 Å². The molecule has 9 heteroatoms. The summed E-state index contributed by atoms with van der Waals surface area (Å²) in [6.45, 7) is 0. The highest BCUT2D eigenvalue weighted by Crippen LogP contribution is 2.17. The molecule has 2 N–H and O–H groups in total. The summed E-state index contributed by atoms with van der Waals surface area (Å²) in [7, 11) is 1.14. The lowest BCUT2D eigenvalue weighted by molar-refractivity contribution is 0.0536. The van der Waals surface area contributed by atoms with Crippen molar-refractivity contribution in [3.8, 4) is 0 Å². The highest BCUT2D eigenvalue weighted by Gasteiger charge is 2.32. The van der Waals surface area contributed by atoms with E-state index in [1.54, 1.807) is 0 Å². The highest BCUT2D eigenvalue weighted by atomic mass is 16.5. The molecule has 0 aliphatic heterocycles. The summed E-state index contributed by atoms with van der Waals surface area (Å²) >= 11 is 0. The number of esters is 3. The van der Waals surface area contributed by atoms with Crippen molar-refractivity contribution in [1.82, 2.24) is 0 Å². The zero-order valence-electron chi connectivity index (χ0n) is 11.6. The molecule has 8 nitrogen and oxygen atoms in total. The van der Waals surface area contributed by atoms with Crippen molar-refractivity contribution in [2.75, 3.05) is 21.3 Å². The Bertz CT molecular complexity index is 581. The SMILES string of the molecule is COC(=O)c1ccc(B(O)O)c(C(=O)OC)c1C(=O)OC. The maximum absolute atomic E-state index is 11.9. The molecule has 0 bridgehead atoms. The van der Waals surface area contributed by atoms with Crippen LogP contribution < -0.4 is 5.46 Å². The van der Waals surface area contributed by atoms with Gasteiger partial charge in [0.1, 0.15) is 0 Å². The first-order valence-electron chi connectivity index (χ1n) is 5.67. The summed E-state index contributed by atoms with van der Waals surface area (Å²) in [6.07, 6.45) is 0. The third-order valence-corrected chi connectivity index (χ3v) is 2.70. The van der Waals surface area contributed by atoms with Crippen molar-refractivity contribution in [2.45, 2.75) is 0 Å². The third-order valence-electron chi connectivity index (χ3n) is 2.70. The van der Waals surface area contributed by atoms with E-state index in [0.29, 0.717) is 0 Å². The van der Waals surface area contributed by atoms with Crippen LogP contribution in [-0.4, -0.2) is 56.4 Å². The molecule has 1 rings (SSSR count). The van der Waals surface area contributed by atoms with Crippen LogP contribution in [0.4, 0.5) is 0 Å². The second-order valence-electron chi connectivity index (χ2n) is 3.80. The number of benzene rings is 1. The Kier molecular flexibility index (Phi) is 5.45. The molecule has 0 saturated carbocycles. The lowest BCUT2D eigenvalue weighted by atomic mass is 9.74. The zero-order valence-corrected chi connectivity index (χ0v) is 11.6. The van der Waals surface area contributed by atoms with E-state index in [-0.39, 0.29) is 11.0 Å². The van der Waals surface area contributed by atoms with Gasteiger partial charge in [0.2, 0.25) is 0 Å². The van der Waals surface area contributed by atoms with Crippen LogP contribution in [0, 0.1) is 0 Å². The smallest absolute Gasteiger partial charge is 0.465 e. The summed E-state index contributed by atoms with van der Waals surface area (Å²) < 4.78 is 13.6. The van der Waals surface area contributed by atoms with E-state index in [1.807, 2.05) is 0 Å². The van der Waals surface area contributed by atoms with Gasteiger partial charge in [-0.2, -0.15) is 0 Å². The molecule has 0 saturated heterocycles. The number of ether oxygens (including phenoxy) is 3. The number of rotatable bonds is 4. The van der Waals surface area contributed by atoms with Gasteiger partial charge in [0, 0.05) is 0 Å². The third kappa shape index (κ3) is 3.20. The fraction of sp³-hybridized carbons (Fsp3) is 0.250. The maximum atomic E-state index is 11.9. The number of hydrogen-bond donors (Lipinski definition) is 2. The summed E-state index contributed by atoms with van der Waals surface area (Å²) in [5.41, 5.74) is -1.48. The van der Waals surface area contributed by atoms with E-state index in [9.17, 15) is 24.4 Å². The summed E-state index contributed by atoms with van der Waals surface area (Å²) in [4.78, 5) is 35.4. The monoisotopic (exact) mass is 296 g/mol. The minimum Gasteiger partial charge on any atom is -0.465 e. The predicted octanol–water partition coefficient (Wildman–Crippen LogP) is -1.27. The largest absolute Gasteiger partial charge is 0.489 e. The van der Waals surface area contributed by atoms with Crippen LogP contribution in [-0.2, 0) is 14.2 Å². The average molecular weight is 296 g/mol. The number of carbonyl (C=O) groups is 3. The molecule has 0 aliphatic carbocycles. The van der Waals surface area contributed by atoms with Crippen molar-refractivity contribution >= 4 is 30.5 Å². The quantitative estimate of drug-likeness (QED) is 0.401. The second kappa shape index (κ2) is 6.86. The van der Waals surface area contributed by atoms with Gasteiger partial charge in [0.15, 0.2) is 0 Å². The first kappa shape index (κ1) is 16.7. The van der Waals surface area contributed by atoms with Gasteiger partial charge in [-0.3, -0.25) is 0 Å². The van der Waals surface area contributed by atoms with Gasteiger partial charge in [-0.1, -0.05) is 6.07 Å². The molecule has 0 unspecified atom stereocenters. The molecular formula is C12H13BO8. The van der Waals surface area contributed by atoms with Crippen LogP contribution in [0.25, 0.3) is 0 Å². The Labute approximate surface area is 120 Å². The van der Waals surface area contributed by atoms with Crippen LogP contribution in [0.3, 0.4) is 0 Å². The predicted molar refractivity (Wildman–Crippen MR) is 70.3 cm³/mol. The standard InChI is InChI=1S/C12H13BO8/c1-19-10(14)6-4-5-7(13(17)18)9(12(16)21-3)8(6)11(15)20-2/h4-5,17-18H,1-3H3. The molecule has 0 heterocycles. The van der Waals surface area contributed by atoms with Crippen molar-refractivity contribution < 1.29 is 38.6 Å². The lowest BCUT2D eigenvalue weighted by Crippen LogP contribution is -2.37. The van der Waals surface area contributed by atoms with Crippen LogP contribution in [0.1, 0.15) is 31.1 Å². The molecule has 21 heavy (non-hydrogen) atoms. The molecule has 0 spiro atoms. The molecule has 0 amide bonds. The molecule has 112 valence electrons. The van der Waals surface area contributed by atoms with Crippen LogP contribution in [0.15, 0.2) is 12.1 Å². The maximum Gasteiger partial charge on any atom is 0.489 e. The van der Waals surface area contributed by atoms with E-state index >= 15 is 0 Å². The summed E-state index contributed by atoms with van der Waals surface area (Å²) in [6, 6.07) is 2.23. The van der Waals surface area contributed by atoms with Crippen LogP contribution in [0.2, 0.25) is 0 Å². The van der Waals surface area contributed by atoms with Crippen molar-refractivity contribution in [3.05, 3.63) is 28.8 Å². The summed E-state index contributed by atoms with van der Waals surface area (Å²) in [5.74, 6) is -2.93. The highest BCUT2D eigenvalue weighted by molar-refractivity contribution is 6.60. The Balaban J connectivity index is 3.77. The molecule has 0 fully saturated rings. The number of hydrogen-bond acceptors (Lipinski definition) is 8. The molecule has 0 aliphatic rings. The van der Waals surface area contributed by atoms with Crippen molar-refractivity contribution in [1.29, 1.82) is 0 Å². The Morgan fingerprint density at radius 3 is 1.76 bits per heavy atom. The van der Waals surface area contributed by atoms with Gasteiger partial charge < -0.3 is 24.3 Å². The Morgan fingerprint density at radius 1 is 0.857 bits per heavy atom. The van der Waals surface area contributed by atoms with Crippen LogP contribution >= 0.6 is 0 Å². The fourth-order valence-electron chi connectivity index (χ4n) is 1.75. The molecule has 0 aromatic heterocycles. The minimum absolute atomic E-state index is 0.255. The zero-order chi connectivity index (χ0) is 16.2. The summed E-state index contributed by atoms with van der Waals surface area (Å²) in [5, 5.41) is 18.6. The number of methoxy groups -OCH3 is 3. The lowest BCUT2D eigenvalue weighted by Gasteiger charge is -2.14. The first-order valence-corrected chi connectivity index (χ1v) is 5.67. The van der Waals surface area contributed by atoms with Gasteiger partial charge in [-0.25, -0.2) is 14.4 Å². The van der Waals surface area contributed by atoms with E-state index in [0.717, 1.165) is 33.5 Å². The molecule has 0 atom stereocenters.